The number of rotatable bonds is 12. The summed E-state index contributed by atoms with van der Waals surface area (Å²) in [6, 6.07) is 16.4. The molecule has 2 atom stereocenters. The van der Waals surface area contributed by atoms with E-state index in [4.69, 9.17) is 15.9 Å². The zero-order valence-electron chi connectivity index (χ0n) is 33.3. The minimum Gasteiger partial charge on any atom is -0.550 e. The maximum atomic E-state index is 10.4. The Labute approximate surface area is 325 Å². The third kappa shape index (κ3) is 20.0. The number of hydrogen-bond donors (Lipinski definition) is 5. The van der Waals surface area contributed by atoms with E-state index in [9.17, 15) is 19.8 Å². The molecule has 0 aliphatic heterocycles. The van der Waals surface area contributed by atoms with Crippen molar-refractivity contribution < 1.29 is 40.6 Å². The van der Waals surface area contributed by atoms with E-state index in [-0.39, 0.29) is 11.5 Å². The molecular weight excluding hydrogens is 679 g/mol. The van der Waals surface area contributed by atoms with Gasteiger partial charge in [-0.1, -0.05) is 56.9 Å². The Bertz CT molecular complexity index is 1130. The highest BCUT2D eigenvalue weighted by Gasteiger charge is 2.24. The van der Waals surface area contributed by atoms with E-state index in [1.54, 1.807) is 55.5 Å². The van der Waals surface area contributed by atoms with Gasteiger partial charge >= 0.3 is 0 Å². The summed E-state index contributed by atoms with van der Waals surface area (Å²) in [6.07, 6.45) is 32.1. The molecule has 2 aromatic rings. The summed E-state index contributed by atoms with van der Waals surface area (Å²) >= 11 is 0. The van der Waals surface area contributed by atoms with Gasteiger partial charge in [0.1, 0.15) is 11.5 Å². The third-order valence-electron chi connectivity index (χ3n) is 11.9. The Morgan fingerprint density at radius 1 is 0.556 bits per heavy atom. The predicted octanol–water partition coefficient (Wildman–Crippen LogP) is 4.54. The summed E-state index contributed by atoms with van der Waals surface area (Å²) in [7, 11) is 0. The summed E-state index contributed by atoms with van der Waals surface area (Å²) in [5, 5.41) is 44.2. The van der Waals surface area contributed by atoms with Crippen LogP contribution in [0, 0.1) is 5.92 Å². The number of aryl methyl sites for hydroxylation is 2. The van der Waals surface area contributed by atoms with Gasteiger partial charge in [-0.25, -0.2) is 0 Å². The highest BCUT2D eigenvalue weighted by molar-refractivity contribution is 5.70. The monoisotopic (exact) mass is 752 g/mol. The quantitative estimate of drug-likeness (QED) is 0.211. The summed E-state index contributed by atoms with van der Waals surface area (Å²) in [4.78, 5) is 20.7. The molecule has 54 heavy (non-hydrogen) atoms. The number of aliphatic carboxylic acids is 2. The third-order valence-corrected chi connectivity index (χ3v) is 11.9. The number of carbonyl (C=O) groups excluding carboxylic acids is 2. The average molecular weight is 752 g/mol. The van der Waals surface area contributed by atoms with Gasteiger partial charge in [-0.05, 0) is 170 Å². The molecule has 4 fully saturated rings. The first-order chi connectivity index (χ1) is 26.1. The topological polar surface area (TPSA) is 180 Å². The van der Waals surface area contributed by atoms with Crippen molar-refractivity contribution in [3.63, 3.8) is 0 Å². The molecule has 304 valence electrons. The van der Waals surface area contributed by atoms with Crippen LogP contribution in [-0.4, -0.2) is 52.4 Å². The number of carbonyl (C=O) groups is 2. The lowest BCUT2D eigenvalue weighted by atomic mass is 9.91. The Hall–Kier alpha value is -3.14. The van der Waals surface area contributed by atoms with Crippen LogP contribution in [0.2, 0.25) is 0 Å². The van der Waals surface area contributed by atoms with Crippen molar-refractivity contribution in [2.45, 2.75) is 191 Å². The van der Waals surface area contributed by atoms with Crippen molar-refractivity contribution >= 4 is 11.9 Å². The van der Waals surface area contributed by atoms with Gasteiger partial charge in [0.15, 0.2) is 0 Å². The number of benzene rings is 2. The van der Waals surface area contributed by atoms with Crippen molar-refractivity contribution in [2.75, 3.05) is 0 Å². The number of nitrogens with two attached hydrogens (primary N) is 3. The van der Waals surface area contributed by atoms with Crippen LogP contribution in [0.5, 0.6) is 11.5 Å². The van der Waals surface area contributed by atoms with Crippen molar-refractivity contribution in [3.05, 3.63) is 59.7 Å². The van der Waals surface area contributed by atoms with Crippen LogP contribution < -0.4 is 26.6 Å². The molecule has 0 spiro atoms. The van der Waals surface area contributed by atoms with Crippen molar-refractivity contribution in [1.29, 1.82) is 0 Å². The van der Waals surface area contributed by atoms with Crippen LogP contribution >= 0.6 is 0 Å². The highest BCUT2D eigenvalue weighted by atomic mass is 16.4. The molecule has 6 rings (SSSR count). The largest absolute Gasteiger partial charge is 0.550 e. The number of carboxylic acid groups (broad SMARTS) is 2. The molecule has 4 aliphatic rings. The molecular formula is C45H73N3O6. The summed E-state index contributed by atoms with van der Waals surface area (Å²) in [6.45, 7) is 1.63. The Balaban J connectivity index is 0.000000194. The van der Waals surface area contributed by atoms with Crippen LogP contribution in [0.1, 0.15) is 159 Å². The minimum atomic E-state index is -1.23. The van der Waals surface area contributed by atoms with Crippen molar-refractivity contribution in [2.24, 2.45) is 11.7 Å². The molecule has 4 saturated carbocycles. The first kappa shape index (κ1) is 45.3. The maximum Gasteiger partial charge on any atom is 0.115 e. The normalized spacial score (nSPS) is 19.7. The van der Waals surface area contributed by atoms with Crippen LogP contribution in [0.4, 0.5) is 0 Å². The molecule has 0 bridgehead atoms. The summed E-state index contributed by atoms with van der Waals surface area (Å²) in [5.74, 6) is -2.25. The lowest BCUT2D eigenvalue weighted by molar-refractivity contribution is -0.726. The number of quaternary nitrogens is 2. The number of aromatic hydroxyl groups is 2. The minimum absolute atomic E-state index is 0.193. The van der Waals surface area contributed by atoms with Gasteiger partial charge in [0.25, 0.3) is 0 Å². The lowest BCUT2D eigenvalue weighted by Crippen LogP contribution is -2.95. The molecule has 9 nitrogen and oxygen atoms in total. The van der Waals surface area contributed by atoms with Gasteiger partial charge in [-0.2, -0.15) is 0 Å². The molecule has 2 aromatic carbocycles. The zero-order valence-corrected chi connectivity index (χ0v) is 33.3. The van der Waals surface area contributed by atoms with Gasteiger partial charge in [0.05, 0.1) is 30.1 Å². The molecule has 0 saturated heterocycles. The van der Waals surface area contributed by atoms with E-state index >= 15 is 0 Å². The molecule has 0 radical (unpaired) electrons. The van der Waals surface area contributed by atoms with Crippen molar-refractivity contribution in [3.8, 4) is 11.5 Å². The second kappa shape index (κ2) is 26.6. The standard InChI is InChI=1S/2C12H23N.C11H14O3.C10H13NO3/c2*1-3-7-11(8-4-1)13-12-9-5-2-6-10-12;1-8(11(13)14)2-3-9-4-6-10(12)7-5-9;11-9(10(13)14)6-3-7-1-4-8(12)5-2-7/h2*11-13H,1-10H2;4-8,12H,2-3H2,1H3,(H,13,14);1-2,4-5,9,12H,3,6,11H2,(H,13,14)/t;;8-;9-/m..00/s1. The first-order valence-electron chi connectivity index (χ1n) is 21.5. The van der Waals surface area contributed by atoms with Crippen LogP contribution in [0.3, 0.4) is 0 Å². The van der Waals surface area contributed by atoms with Crippen LogP contribution in [0.15, 0.2) is 48.5 Å². The van der Waals surface area contributed by atoms with E-state index in [0.717, 1.165) is 35.3 Å². The number of carboxylic acids is 2. The van der Waals surface area contributed by atoms with E-state index in [1.165, 1.54) is 128 Å². The fourth-order valence-electron chi connectivity index (χ4n) is 8.34. The van der Waals surface area contributed by atoms with E-state index in [0.29, 0.717) is 25.7 Å². The Morgan fingerprint density at radius 2 is 0.852 bits per heavy atom. The molecule has 0 heterocycles. The van der Waals surface area contributed by atoms with Crippen molar-refractivity contribution in [1.82, 2.24) is 0 Å². The first-order valence-corrected chi connectivity index (χ1v) is 21.5. The molecule has 0 amide bonds. The van der Waals surface area contributed by atoms with E-state index in [2.05, 4.69) is 10.6 Å². The molecule has 0 aromatic heterocycles. The Morgan fingerprint density at radius 3 is 1.13 bits per heavy atom. The van der Waals surface area contributed by atoms with Gasteiger partial charge in [-0.3, -0.25) is 0 Å². The Kier molecular flexibility index (Phi) is 22.3. The zero-order chi connectivity index (χ0) is 39.0. The fourth-order valence-corrected chi connectivity index (χ4v) is 8.34. The van der Waals surface area contributed by atoms with Gasteiger partial charge < -0.3 is 46.4 Å². The van der Waals surface area contributed by atoms with Gasteiger partial charge in [-0.15, -0.1) is 0 Å². The van der Waals surface area contributed by atoms with Crippen LogP contribution in [-0.2, 0) is 22.4 Å². The molecule has 4 aliphatic carbocycles. The van der Waals surface area contributed by atoms with Gasteiger partial charge in [0.2, 0.25) is 0 Å². The SMILES string of the molecule is C1CCC([NH2+]C2CCCCC2)CC1.C1CCC([NH2+]C2CCCCC2)CC1.C[C@@H](CCc1ccc(O)cc1)C(=O)[O-].N[C@@H](CCc1ccc(O)cc1)C(=O)[O-]. The van der Waals surface area contributed by atoms with Gasteiger partial charge in [0, 0.05) is 12.0 Å². The van der Waals surface area contributed by atoms with E-state index in [1.807, 2.05) is 0 Å². The second-order valence-electron chi connectivity index (χ2n) is 16.5. The second-order valence-corrected chi connectivity index (χ2v) is 16.5. The average Bonchev–Trinajstić information content (AvgIpc) is 3.19. The molecule has 9 heteroatoms. The lowest BCUT2D eigenvalue weighted by Gasteiger charge is -2.27. The molecule has 0 unspecified atom stereocenters. The fraction of sp³-hybridized carbons (Fsp3) is 0.689. The predicted molar refractivity (Wildman–Crippen MR) is 211 cm³/mol. The smallest absolute Gasteiger partial charge is 0.115 e. The number of hydrogen-bond acceptors (Lipinski definition) is 7. The van der Waals surface area contributed by atoms with E-state index < -0.39 is 23.9 Å². The molecule has 8 N–H and O–H groups in total. The summed E-state index contributed by atoms with van der Waals surface area (Å²) < 4.78 is 0. The highest BCUT2D eigenvalue weighted by Crippen LogP contribution is 2.20. The summed E-state index contributed by atoms with van der Waals surface area (Å²) in [5.41, 5.74) is 7.25. The maximum absolute atomic E-state index is 10.4. The number of phenols is 2. The number of phenolic OH excluding ortho intramolecular Hbond substituents is 2. The van der Waals surface area contributed by atoms with Crippen LogP contribution in [0.25, 0.3) is 0 Å².